The van der Waals surface area contributed by atoms with Crippen molar-refractivity contribution in [2.75, 3.05) is 24.7 Å². The Morgan fingerprint density at radius 2 is 2.07 bits per heavy atom. The summed E-state index contributed by atoms with van der Waals surface area (Å²) in [6, 6.07) is 15.0. The number of benzene rings is 2. The number of amides is 1. The van der Waals surface area contributed by atoms with Gasteiger partial charge in [-0.1, -0.05) is 47.2 Å². The average molecular weight is 403 g/mol. The third-order valence-electron chi connectivity index (χ3n) is 4.41. The smallest absolute Gasteiger partial charge is 0.266 e. The van der Waals surface area contributed by atoms with Gasteiger partial charge in [0.05, 0.1) is 27.9 Å². The molecule has 1 unspecified atom stereocenters. The van der Waals surface area contributed by atoms with E-state index in [9.17, 15) is 4.79 Å². The van der Waals surface area contributed by atoms with Crippen molar-refractivity contribution in [1.29, 1.82) is 0 Å². The lowest BCUT2D eigenvalue weighted by atomic mass is 10.2. The second-order valence-electron chi connectivity index (χ2n) is 6.32. The van der Waals surface area contributed by atoms with Crippen LogP contribution in [0.4, 0.5) is 5.13 Å². The second-order valence-corrected chi connectivity index (χ2v) is 7.74. The Bertz CT molecular complexity index is 907. The summed E-state index contributed by atoms with van der Waals surface area (Å²) in [5, 5.41) is 1.15. The highest BCUT2D eigenvalue weighted by molar-refractivity contribution is 7.22. The van der Waals surface area contributed by atoms with Gasteiger partial charge >= 0.3 is 0 Å². The molecule has 1 fully saturated rings. The van der Waals surface area contributed by atoms with E-state index in [2.05, 4.69) is 4.98 Å². The molecule has 1 aliphatic rings. The summed E-state index contributed by atoms with van der Waals surface area (Å²) in [5.74, 6) is 0.332. The first kappa shape index (κ1) is 18.2. The summed E-state index contributed by atoms with van der Waals surface area (Å²) in [7, 11) is 0. The van der Waals surface area contributed by atoms with Crippen molar-refractivity contribution in [3.8, 4) is 5.75 Å². The van der Waals surface area contributed by atoms with Gasteiger partial charge in [-0.3, -0.25) is 9.69 Å². The van der Waals surface area contributed by atoms with Crippen LogP contribution in [0.25, 0.3) is 10.2 Å². The molecule has 0 radical (unpaired) electrons. The minimum absolute atomic E-state index is 0.0290. The Kier molecular flexibility index (Phi) is 5.57. The van der Waals surface area contributed by atoms with Crippen LogP contribution < -0.4 is 9.64 Å². The van der Waals surface area contributed by atoms with E-state index in [-0.39, 0.29) is 18.6 Å². The number of nitrogens with zero attached hydrogens (tertiary/aromatic N) is 2. The first-order valence-electron chi connectivity index (χ1n) is 8.85. The minimum atomic E-state index is -0.163. The van der Waals surface area contributed by atoms with Gasteiger partial charge in [-0.25, -0.2) is 4.98 Å². The molecule has 7 heteroatoms. The Morgan fingerprint density at radius 1 is 1.26 bits per heavy atom. The van der Waals surface area contributed by atoms with E-state index in [0.717, 1.165) is 29.7 Å². The van der Waals surface area contributed by atoms with E-state index in [1.54, 1.807) is 17.0 Å². The number of hydrogen-bond donors (Lipinski definition) is 0. The lowest BCUT2D eigenvalue weighted by Gasteiger charge is -2.23. The van der Waals surface area contributed by atoms with E-state index < -0.39 is 0 Å². The van der Waals surface area contributed by atoms with Crippen LogP contribution in [0, 0.1) is 0 Å². The number of rotatable bonds is 6. The number of fused-ring (bicyclic) bond motifs is 1. The van der Waals surface area contributed by atoms with Crippen LogP contribution in [0.2, 0.25) is 5.02 Å². The molecule has 3 aromatic rings. The number of hydrogen-bond acceptors (Lipinski definition) is 5. The van der Waals surface area contributed by atoms with Crippen LogP contribution in [-0.4, -0.2) is 36.8 Å². The van der Waals surface area contributed by atoms with Crippen molar-refractivity contribution in [2.24, 2.45) is 0 Å². The summed E-state index contributed by atoms with van der Waals surface area (Å²) in [6.07, 6.45) is 1.99. The molecule has 2 heterocycles. The van der Waals surface area contributed by atoms with Crippen LogP contribution in [0.15, 0.2) is 48.5 Å². The van der Waals surface area contributed by atoms with Crippen LogP contribution in [-0.2, 0) is 9.53 Å². The fourth-order valence-electron chi connectivity index (χ4n) is 3.03. The molecular weight excluding hydrogens is 384 g/mol. The van der Waals surface area contributed by atoms with Gasteiger partial charge in [-0.05, 0) is 37.1 Å². The highest BCUT2D eigenvalue weighted by Gasteiger charge is 2.26. The number of anilines is 1. The maximum absolute atomic E-state index is 13.0. The van der Waals surface area contributed by atoms with Gasteiger partial charge in [0.1, 0.15) is 5.75 Å². The molecule has 5 nitrogen and oxygen atoms in total. The van der Waals surface area contributed by atoms with E-state index in [1.807, 2.05) is 36.4 Å². The highest BCUT2D eigenvalue weighted by atomic mass is 35.5. The standard InChI is InChI=1S/C20H19ClN2O3S/c21-15-7-1-3-9-17(15)26-13-19(24)23(12-14-6-5-11-25-14)20-22-16-8-2-4-10-18(16)27-20/h1-4,7-10,14H,5-6,11-13H2. The molecule has 1 atom stereocenters. The number of para-hydroxylation sites is 2. The summed E-state index contributed by atoms with van der Waals surface area (Å²) in [4.78, 5) is 19.3. The first-order chi connectivity index (χ1) is 13.2. The van der Waals surface area contributed by atoms with Gasteiger partial charge in [-0.2, -0.15) is 0 Å². The zero-order valence-electron chi connectivity index (χ0n) is 14.6. The zero-order valence-corrected chi connectivity index (χ0v) is 16.2. The van der Waals surface area contributed by atoms with Crippen LogP contribution in [0.5, 0.6) is 5.75 Å². The van der Waals surface area contributed by atoms with Crippen LogP contribution >= 0.6 is 22.9 Å². The predicted octanol–water partition coefficient (Wildman–Crippen LogP) is 4.54. The van der Waals surface area contributed by atoms with E-state index in [1.165, 1.54) is 11.3 Å². The molecule has 0 spiro atoms. The molecule has 0 aliphatic carbocycles. The second kappa shape index (κ2) is 8.25. The predicted molar refractivity (Wildman–Crippen MR) is 108 cm³/mol. The summed E-state index contributed by atoms with van der Waals surface area (Å²) in [5.41, 5.74) is 0.884. The topological polar surface area (TPSA) is 51.7 Å². The molecule has 140 valence electrons. The third-order valence-corrected chi connectivity index (χ3v) is 5.78. The normalized spacial score (nSPS) is 16.6. The largest absolute Gasteiger partial charge is 0.482 e. The monoisotopic (exact) mass is 402 g/mol. The minimum Gasteiger partial charge on any atom is -0.482 e. The Hall–Kier alpha value is -2.15. The molecule has 0 saturated carbocycles. The third kappa shape index (κ3) is 4.24. The molecule has 1 aromatic heterocycles. The highest BCUT2D eigenvalue weighted by Crippen LogP contribution is 2.30. The van der Waals surface area contributed by atoms with Crippen molar-refractivity contribution in [1.82, 2.24) is 4.98 Å². The van der Waals surface area contributed by atoms with Crippen molar-refractivity contribution in [2.45, 2.75) is 18.9 Å². The van der Waals surface area contributed by atoms with Crippen LogP contribution in [0.3, 0.4) is 0 Å². The van der Waals surface area contributed by atoms with Gasteiger partial charge in [0.2, 0.25) is 0 Å². The molecule has 1 aliphatic heterocycles. The number of carbonyl (C=O) groups is 1. The average Bonchev–Trinajstić information content (AvgIpc) is 3.34. The van der Waals surface area contributed by atoms with Gasteiger partial charge in [0.25, 0.3) is 5.91 Å². The van der Waals surface area contributed by atoms with Gasteiger partial charge in [-0.15, -0.1) is 0 Å². The Balaban J connectivity index is 1.54. The van der Waals surface area contributed by atoms with Gasteiger partial charge < -0.3 is 9.47 Å². The van der Waals surface area contributed by atoms with Gasteiger partial charge in [0, 0.05) is 6.61 Å². The fourth-order valence-corrected chi connectivity index (χ4v) is 4.22. The number of aromatic nitrogens is 1. The number of carbonyl (C=O) groups excluding carboxylic acids is 1. The summed E-state index contributed by atoms with van der Waals surface area (Å²) >= 11 is 7.61. The van der Waals surface area contributed by atoms with E-state index in [0.29, 0.717) is 22.4 Å². The lowest BCUT2D eigenvalue weighted by Crippen LogP contribution is -2.40. The SMILES string of the molecule is O=C(COc1ccccc1Cl)N(CC1CCCO1)c1nc2ccccc2s1. The Morgan fingerprint density at radius 3 is 2.85 bits per heavy atom. The zero-order chi connectivity index (χ0) is 18.6. The first-order valence-corrected chi connectivity index (χ1v) is 10.0. The Labute approximate surface area is 166 Å². The molecule has 0 bridgehead atoms. The quantitative estimate of drug-likeness (QED) is 0.607. The summed E-state index contributed by atoms with van der Waals surface area (Å²) < 4.78 is 12.4. The fraction of sp³-hybridized carbons (Fsp3) is 0.300. The molecule has 4 rings (SSSR count). The van der Waals surface area contributed by atoms with E-state index >= 15 is 0 Å². The molecule has 2 aromatic carbocycles. The van der Waals surface area contributed by atoms with Crippen molar-refractivity contribution < 1.29 is 14.3 Å². The van der Waals surface area contributed by atoms with Gasteiger partial charge in [0.15, 0.2) is 11.7 Å². The molecule has 1 saturated heterocycles. The number of ether oxygens (including phenoxy) is 2. The maximum atomic E-state index is 13.0. The number of halogens is 1. The van der Waals surface area contributed by atoms with Crippen LogP contribution in [0.1, 0.15) is 12.8 Å². The molecule has 1 amide bonds. The maximum Gasteiger partial charge on any atom is 0.266 e. The lowest BCUT2D eigenvalue weighted by molar-refractivity contribution is -0.120. The molecular formula is C20H19ClN2O3S. The summed E-state index contributed by atoms with van der Waals surface area (Å²) in [6.45, 7) is 1.11. The number of thiazole rings is 1. The van der Waals surface area contributed by atoms with Crippen molar-refractivity contribution >= 4 is 44.2 Å². The molecule has 27 heavy (non-hydrogen) atoms. The van der Waals surface area contributed by atoms with E-state index in [4.69, 9.17) is 21.1 Å². The van der Waals surface area contributed by atoms with Crippen molar-refractivity contribution in [3.63, 3.8) is 0 Å². The molecule has 0 N–H and O–H groups in total. The van der Waals surface area contributed by atoms with Crippen molar-refractivity contribution in [3.05, 3.63) is 53.6 Å².